The minimum Gasteiger partial charge on any atom is -0.383 e. The number of amides is 2. The van der Waals surface area contributed by atoms with Crippen LogP contribution in [0.1, 0.15) is 23.1 Å². The van der Waals surface area contributed by atoms with Gasteiger partial charge in [-0.25, -0.2) is 28.8 Å². The van der Waals surface area contributed by atoms with Crippen LogP contribution in [-0.4, -0.2) is 68.7 Å². The lowest BCUT2D eigenvalue weighted by Crippen LogP contribution is -2.42. The van der Waals surface area contributed by atoms with Crippen molar-refractivity contribution >= 4 is 11.8 Å². The molecule has 2 N–H and O–H groups in total. The van der Waals surface area contributed by atoms with Crippen LogP contribution in [0.3, 0.4) is 0 Å². The summed E-state index contributed by atoms with van der Waals surface area (Å²) in [7, 11) is 1.56. The van der Waals surface area contributed by atoms with Crippen LogP contribution in [0.25, 0.3) is 16.9 Å². The highest BCUT2D eigenvalue weighted by molar-refractivity contribution is 5.91. The summed E-state index contributed by atoms with van der Waals surface area (Å²) in [4.78, 5) is 31.3. The van der Waals surface area contributed by atoms with Crippen LogP contribution in [0.2, 0.25) is 0 Å². The SMILES string of the molecule is COCCN1C[C@@H](NC(=O)Nc2c(C)c(-c3cnc(C)nc3)nn2-c2ccccc2)[C@H](c2cnc(F)c(F)c2)O1. The number of halogens is 2. The van der Waals surface area contributed by atoms with Gasteiger partial charge in [-0.3, -0.25) is 10.2 Å². The van der Waals surface area contributed by atoms with E-state index < -0.39 is 29.9 Å². The van der Waals surface area contributed by atoms with Crippen LogP contribution in [-0.2, 0) is 9.57 Å². The Morgan fingerprint density at radius 3 is 2.58 bits per heavy atom. The highest BCUT2D eigenvalue weighted by atomic mass is 19.2. The first-order valence-corrected chi connectivity index (χ1v) is 12.6. The van der Waals surface area contributed by atoms with Crippen molar-refractivity contribution in [1.82, 2.24) is 35.1 Å². The van der Waals surface area contributed by atoms with Gasteiger partial charge in [0.25, 0.3) is 0 Å². The highest BCUT2D eigenvalue weighted by Crippen LogP contribution is 2.32. The molecule has 1 fully saturated rings. The maximum atomic E-state index is 14.0. The number of rotatable bonds is 8. The summed E-state index contributed by atoms with van der Waals surface area (Å²) in [5.41, 5.74) is 3.04. The number of aromatic nitrogens is 5. The van der Waals surface area contributed by atoms with E-state index in [1.165, 1.54) is 6.20 Å². The average Bonchev–Trinajstić information content (AvgIpc) is 3.50. The van der Waals surface area contributed by atoms with Crippen molar-refractivity contribution < 1.29 is 23.1 Å². The molecule has 11 nitrogen and oxygen atoms in total. The van der Waals surface area contributed by atoms with Crippen molar-refractivity contribution in [2.24, 2.45) is 0 Å². The fourth-order valence-electron chi connectivity index (χ4n) is 4.44. The Balaban J connectivity index is 1.42. The van der Waals surface area contributed by atoms with E-state index >= 15 is 0 Å². The number of carbonyl (C=O) groups excluding carboxylic acids is 1. The Bertz CT molecular complexity index is 1480. The predicted octanol–water partition coefficient (Wildman–Crippen LogP) is 3.74. The second-order valence-electron chi connectivity index (χ2n) is 9.24. The normalized spacial score (nSPS) is 17.2. The minimum absolute atomic E-state index is 0.281. The zero-order valence-corrected chi connectivity index (χ0v) is 22.1. The van der Waals surface area contributed by atoms with Gasteiger partial charge < -0.3 is 10.1 Å². The zero-order valence-electron chi connectivity index (χ0n) is 22.1. The molecule has 5 rings (SSSR count). The van der Waals surface area contributed by atoms with Crippen molar-refractivity contribution in [1.29, 1.82) is 0 Å². The molecule has 0 unspecified atom stereocenters. The molecule has 0 bridgehead atoms. The van der Waals surface area contributed by atoms with Gasteiger partial charge >= 0.3 is 6.03 Å². The van der Waals surface area contributed by atoms with Gasteiger partial charge in [0.1, 0.15) is 23.4 Å². The van der Waals surface area contributed by atoms with Crippen LogP contribution in [0.4, 0.5) is 19.4 Å². The fraction of sp³-hybridized carbons (Fsp3) is 0.296. The second-order valence-corrected chi connectivity index (χ2v) is 9.24. The topological polar surface area (TPSA) is 119 Å². The number of para-hydroxylation sites is 1. The summed E-state index contributed by atoms with van der Waals surface area (Å²) in [6.45, 7) is 4.71. The van der Waals surface area contributed by atoms with Crippen LogP contribution >= 0.6 is 0 Å². The van der Waals surface area contributed by atoms with Crippen molar-refractivity contribution in [2.75, 3.05) is 32.1 Å². The molecule has 208 valence electrons. The number of carbonyl (C=O) groups is 1. The van der Waals surface area contributed by atoms with E-state index in [1.807, 2.05) is 37.3 Å². The van der Waals surface area contributed by atoms with E-state index in [0.29, 0.717) is 41.6 Å². The molecule has 40 heavy (non-hydrogen) atoms. The monoisotopic (exact) mass is 550 g/mol. The number of methoxy groups -OCH3 is 1. The zero-order chi connectivity index (χ0) is 28.2. The smallest absolute Gasteiger partial charge is 0.320 e. The van der Waals surface area contributed by atoms with Gasteiger partial charge in [0.15, 0.2) is 5.82 Å². The Hall–Kier alpha value is -4.33. The van der Waals surface area contributed by atoms with Crippen molar-refractivity contribution in [3.8, 4) is 16.9 Å². The van der Waals surface area contributed by atoms with Crippen molar-refractivity contribution in [3.05, 3.63) is 83.7 Å². The molecule has 2 amide bonds. The summed E-state index contributed by atoms with van der Waals surface area (Å²) in [5.74, 6) is -1.24. The van der Waals surface area contributed by atoms with E-state index in [2.05, 4.69) is 25.6 Å². The van der Waals surface area contributed by atoms with Gasteiger partial charge in [0.2, 0.25) is 5.95 Å². The van der Waals surface area contributed by atoms with Crippen molar-refractivity contribution in [3.63, 3.8) is 0 Å². The number of anilines is 1. The van der Waals surface area contributed by atoms with Crippen molar-refractivity contribution in [2.45, 2.75) is 26.0 Å². The Labute approximate surface area is 229 Å². The quantitative estimate of drug-likeness (QED) is 0.319. The number of hydrogen-bond acceptors (Lipinski definition) is 8. The number of urea groups is 1. The van der Waals surface area contributed by atoms with Gasteiger partial charge in [0.05, 0.1) is 18.3 Å². The molecule has 4 aromatic rings. The maximum absolute atomic E-state index is 14.0. The lowest BCUT2D eigenvalue weighted by atomic mass is 10.0. The summed E-state index contributed by atoms with van der Waals surface area (Å²) in [6.07, 6.45) is 3.76. The first-order valence-electron chi connectivity index (χ1n) is 12.6. The highest BCUT2D eigenvalue weighted by Gasteiger charge is 2.37. The molecule has 1 aliphatic heterocycles. The summed E-state index contributed by atoms with van der Waals surface area (Å²) in [6, 6.07) is 9.24. The molecule has 13 heteroatoms. The van der Waals surface area contributed by atoms with Gasteiger partial charge in [0, 0.05) is 55.5 Å². The molecule has 2 atom stereocenters. The summed E-state index contributed by atoms with van der Waals surface area (Å²) in [5, 5.41) is 12.2. The number of ether oxygens (including phenoxy) is 1. The molecule has 4 heterocycles. The number of hydroxylamine groups is 2. The molecular weight excluding hydrogens is 522 g/mol. The molecule has 0 saturated carbocycles. The minimum atomic E-state index is -1.21. The third-order valence-electron chi connectivity index (χ3n) is 6.44. The molecule has 1 saturated heterocycles. The lowest BCUT2D eigenvalue weighted by Gasteiger charge is -2.19. The Morgan fingerprint density at radius 2 is 1.88 bits per heavy atom. The molecule has 0 aliphatic carbocycles. The number of pyridine rings is 1. The van der Waals surface area contributed by atoms with E-state index in [1.54, 1.807) is 36.2 Å². The average molecular weight is 551 g/mol. The number of benzene rings is 1. The number of nitrogens with one attached hydrogen (secondary N) is 2. The van der Waals surface area contributed by atoms with Gasteiger partial charge in [-0.2, -0.15) is 14.6 Å². The largest absolute Gasteiger partial charge is 0.383 e. The van der Waals surface area contributed by atoms with Crippen LogP contribution in [0, 0.1) is 25.6 Å². The lowest BCUT2D eigenvalue weighted by molar-refractivity contribution is -0.154. The van der Waals surface area contributed by atoms with E-state index in [0.717, 1.165) is 11.8 Å². The van der Waals surface area contributed by atoms with E-state index in [9.17, 15) is 13.6 Å². The van der Waals surface area contributed by atoms with E-state index in [4.69, 9.17) is 14.7 Å². The Kier molecular flexibility index (Phi) is 8.05. The standard InChI is InChI=1S/C27H28F2N8O3/c1-16-23(19-13-30-17(2)31-14-19)35-37(20-7-5-4-6-8-20)26(16)34-27(38)33-22-15-36(9-10-39-3)40-24(22)18-11-21(28)25(29)32-12-18/h4-8,11-14,22,24H,9-10,15H2,1-3H3,(H2,33,34,38)/t22-,24+/m1/s1. The summed E-state index contributed by atoms with van der Waals surface area (Å²) >= 11 is 0. The first kappa shape index (κ1) is 27.2. The van der Waals surface area contributed by atoms with Crippen LogP contribution < -0.4 is 10.6 Å². The molecule has 0 spiro atoms. The third-order valence-corrected chi connectivity index (χ3v) is 6.44. The van der Waals surface area contributed by atoms with Crippen LogP contribution in [0.15, 0.2) is 55.0 Å². The molecule has 3 aromatic heterocycles. The first-order chi connectivity index (χ1) is 19.3. The summed E-state index contributed by atoms with van der Waals surface area (Å²) < 4.78 is 34.2. The number of aryl methyl sites for hydroxylation is 1. The predicted molar refractivity (Wildman–Crippen MR) is 141 cm³/mol. The second kappa shape index (κ2) is 11.8. The number of hydrogen-bond donors (Lipinski definition) is 2. The van der Waals surface area contributed by atoms with Crippen LogP contribution in [0.5, 0.6) is 0 Å². The number of nitrogens with zero attached hydrogens (tertiary/aromatic N) is 6. The molecular formula is C27H28F2N8O3. The molecule has 1 aromatic carbocycles. The maximum Gasteiger partial charge on any atom is 0.320 e. The molecule has 1 aliphatic rings. The Morgan fingerprint density at radius 1 is 1.12 bits per heavy atom. The van der Waals surface area contributed by atoms with Gasteiger partial charge in [-0.05, 0) is 32.0 Å². The third kappa shape index (κ3) is 5.81. The van der Waals surface area contributed by atoms with E-state index in [-0.39, 0.29) is 12.1 Å². The van der Waals surface area contributed by atoms with Gasteiger partial charge in [-0.1, -0.05) is 18.2 Å². The fourth-order valence-corrected chi connectivity index (χ4v) is 4.44. The molecule has 0 radical (unpaired) electrons. The van der Waals surface area contributed by atoms with Gasteiger partial charge in [-0.15, -0.1) is 0 Å².